The average Bonchev–Trinajstić information content (AvgIpc) is 3.34. The van der Waals surface area contributed by atoms with Crippen molar-refractivity contribution in [3.63, 3.8) is 0 Å². The van der Waals surface area contributed by atoms with E-state index in [4.69, 9.17) is 0 Å². The summed E-state index contributed by atoms with van der Waals surface area (Å²) in [4.78, 5) is 27.6. The smallest absolute Gasteiger partial charge is 0.418 e. The first-order valence-corrected chi connectivity index (χ1v) is 10.6. The van der Waals surface area contributed by atoms with Gasteiger partial charge in [-0.2, -0.15) is 13.2 Å². The topological polar surface area (TPSA) is 69.6 Å². The maximum absolute atomic E-state index is 13.9. The number of carbonyl (C=O) groups excluding carboxylic acids is 2. The number of fused-ring (bicyclic) bond motifs is 3. The van der Waals surface area contributed by atoms with Crippen molar-refractivity contribution in [3.8, 4) is 5.75 Å². The van der Waals surface area contributed by atoms with Crippen LogP contribution in [-0.4, -0.2) is 28.9 Å². The number of anilines is 2. The van der Waals surface area contributed by atoms with E-state index in [2.05, 4.69) is 10.2 Å². The highest BCUT2D eigenvalue weighted by Gasteiger charge is 2.41. The van der Waals surface area contributed by atoms with Crippen LogP contribution < -0.4 is 10.2 Å². The number of phenols is 1. The number of alkyl halides is 3. The molecule has 2 bridgehead atoms. The highest BCUT2D eigenvalue weighted by molar-refractivity contribution is 6.30. The van der Waals surface area contributed by atoms with Gasteiger partial charge in [-0.25, -0.2) is 0 Å². The summed E-state index contributed by atoms with van der Waals surface area (Å²) < 4.78 is 41.6. The van der Waals surface area contributed by atoms with E-state index in [0.29, 0.717) is 11.3 Å². The molecule has 0 radical (unpaired) electrons. The summed E-state index contributed by atoms with van der Waals surface area (Å²) in [5.74, 6) is -1.89. The Morgan fingerprint density at radius 2 is 1.75 bits per heavy atom. The number of aromatic hydroxyl groups is 1. The standard InChI is InChI=1S/C24H21F3N2O3/c25-24(26,27)18-12-16(29-14-5-6-15(29)8-7-14)9-11-19(18)28-23(32)17-10-4-13-2-1-3-20(30)21(13)22(17)31/h1-3,9-12,14-15,30H,4-8H2,(H,28,32). The van der Waals surface area contributed by atoms with Crippen molar-refractivity contribution in [2.45, 2.75) is 50.4 Å². The van der Waals surface area contributed by atoms with Gasteiger partial charge in [0, 0.05) is 17.8 Å². The summed E-state index contributed by atoms with van der Waals surface area (Å²) in [7, 11) is 0. The lowest BCUT2D eigenvalue weighted by atomic mass is 9.89. The van der Waals surface area contributed by atoms with Crippen LogP contribution in [0.4, 0.5) is 24.5 Å². The maximum Gasteiger partial charge on any atom is 0.418 e. The van der Waals surface area contributed by atoms with Crippen LogP contribution in [0.5, 0.6) is 5.75 Å². The Kier molecular flexibility index (Phi) is 4.76. The molecule has 0 atom stereocenters. The summed E-state index contributed by atoms with van der Waals surface area (Å²) in [5, 5.41) is 12.3. The normalized spacial score (nSPS) is 22.0. The molecule has 5 rings (SSSR count). The lowest BCUT2D eigenvalue weighted by molar-refractivity contribution is -0.136. The van der Waals surface area contributed by atoms with Gasteiger partial charge in [0.05, 0.1) is 22.4 Å². The van der Waals surface area contributed by atoms with E-state index < -0.39 is 29.1 Å². The average molecular weight is 442 g/mol. The molecule has 5 nitrogen and oxygen atoms in total. The molecule has 3 aliphatic rings. The molecule has 2 saturated heterocycles. The minimum atomic E-state index is -4.67. The molecular formula is C24H21F3N2O3. The molecule has 2 aliphatic heterocycles. The molecule has 2 heterocycles. The third-order valence-electron chi connectivity index (χ3n) is 6.68. The van der Waals surface area contributed by atoms with Crippen molar-refractivity contribution in [2.24, 2.45) is 0 Å². The first-order chi connectivity index (χ1) is 15.2. The molecule has 0 aromatic heterocycles. The Hall–Kier alpha value is -3.29. The number of phenolic OH excluding ortho intramolecular Hbond substituents is 1. The van der Waals surface area contributed by atoms with Gasteiger partial charge in [0.2, 0.25) is 5.78 Å². The second-order valence-corrected chi connectivity index (χ2v) is 8.51. The van der Waals surface area contributed by atoms with Gasteiger partial charge in [0.25, 0.3) is 5.91 Å². The quantitative estimate of drug-likeness (QED) is 0.667. The van der Waals surface area contributed by atoms with Crippen LogP contribution in [0.3, 0.4) is 0 Å². The zero-order valence-electron chi connectivity index (χ0n) is 17.1. The predicted octanol–water partition coefficient (Wildman–Crippen LogP) is 4.85. The summed E-state index contributed by atoms with van der Waals surface area (Å²) in [6, 6.07) is 9.05. The minimum absolute atomic E-state index is 0.0102. The number of ketones is 1. The Bertz CT molecular complexity index is 1140. The van der Waals surface area contributed by atoms with Crippen LogP contribution in [0.2, 0.25) is 0 Å². The Morgan fingerprint density at radius 3 is 2.41 bits per heavy atom. The molecule has 1 aliphatic carbocycles. The number of Topliss-reactive ketones (excluding diaryl/α,β-unsaturated/α-hetero) is 1. The van der Waals surface area contributed by atoms with Gasteiger partial charge in [-0.15, -0.1) is 0 Å². The Morgan fingerprint density at radius 1 is 1.06 bits per heavy atom. The number of hydrogen-bond acceptors (Lipinski definition) is 4. The van der Waals surface area contributed by atoms with E-state index >= 15 is 0 Å². The highest BCUT2D eigenvalue weighted by Crippen LogP contribution is 2.44. The molecule has 2 aromatic rings. The number of carbonyl (C=O) groups is 2. The summed E-state index contributed by atoms with van der Waals surface area (Å²) in [6.45, 7) is 0. The van der Waals surface area contributed by atoms with Crippen LogP contribution in [0.25, 0.3) is 0 Å². The fourth-order valence-electron chi connectivity index (χ4n) is 5.21. The van der Waals surface area contributed by atoms with Crippen LogP contribution >= 0.6 is 0 Å². The summed E-state index contributed by atoms with van der Waals surface area (Å²) >= 11 is 0. The molecule has 2 fully saturated rings. The lowest BCUT2D eigenvalue weighted by Crippen LogP contribution is -2.29. The third-order valence-corrected chi connectivity index (χ3v) is 6.68. The molecule has 0 unspecified atom stereocenters. The van der Waals surface area contributed by atoms with E-state index in [1.807, 2.05) is 0 Å². The van der Waals surface area contributed by atoms with Crippen LogP contribution in [0.15, 0.2) is 48.0 Å². The fourth-order valence-corrected chi connectivity index (χ4v) is 5.21. The van der Waals surface area contributed by atoms with Gasteiger partial charge in [0.1, 0.15) is 5.75 Å². The zero-order valence-corrected chi connectivity index (χ0v) is 17.1. The number of benzene rings is 2. The molecule has 32 heavy (non-hydrogen) atoms. The van der Waals surface area contributed by atoms with E-state index in [1.165, 1.54) is 18.2 Å². The van der Waals surface area contributed by atoms with Crippen molar-refractivity contribution in [3.05, 3.63) is 64.7 Å². The van der Waals surface area contributed by atoms with Gasteiger partial charge in [-0.05, 0) is 61.9 Å². The van der Waals surface area contributed by atoms with Crippen LogP contribution in [0.1, 0.15) is 47.2 Å². The van der Waals surface area contributed by atoms with Gasteiger partial charge in [-0.3, -0.25) is 9.59 Å². The first kappa shape index (κ1) is 20.6. The van der Waals surface area contributed by atoms with Gasteiger partial charge in [-0.1, -0.05) is 18.2 Å². The molecule has 0 saturated carbocycles. The third kappa shape index (κ3) is 3.34. The van der Waals surface area contributed by atoms with E-state index in [-0.39, 0.29) is 35.4 Å². The number of rotatable bonds is 3. The second-order valence-electron chi connectivity index (χ2n) is 8.51. The van der Waals surface area contributed by atoms with Crippen LogP contribution in [-0.2, 0) is 17.4 Å². The maximum atomic E-state index is 13.9. The van der Waals surface area contributed by atoms with Crippen molar-refractivity contribution in [2.75, 3.05) is 10.2 Å². The number of allylic oxidation sites excluding steroid dienone is 1. The molecule has 8 heteroatoms. The van der Waals surface area contributed by atoms with Crippen molar-refractivity contribution < 1.29 is 27.9 Å². The molecule has 0 spiro atoms. The largest absolute Gasteiger partial charge is 0.507 e. The van der Waals surface area contributed by atoms with E-state index in [1.54, 1.807) is 18.2 Å². The predicted molar refractivity (Wildman–Crippen MR) is 113 cm³/mol. The number of nitrogens with one attached hydrogen (secondary N) is 1. The fraction of sp³-hybridized carbons (Fsp3) is 0.333. The van der Waals surface area contributed by atoms with E-state index in [0.717, 1.165) is 31.7 Å². The summed E-state index contributed by atoms with van der Waals surface area (Å²) in [6.07, 6.45) is 0.853. The first-order valence-electron chi connectivity index (χ1n) is 10.6. The Labute approximate surface area is 182 Å². The zero-order chi connectivity index (χ0) is 22.6. The monoisotopic (exact) mass is 442 g/mol. The molecular weight excluding hydrogens is 421 g/mol. The SMILES string of the molecule is O=C(Nc1ccc(N2C3CCC2CC3)cc1C(F)(F)F)C1=CCc2cccc(O)c2C1=O. The minimum Gasteiger partial charge on any atom is -0.507 e. The van der Waals surface area contributed by atoms with E-state index in [9.17, 15) is 27.9 Å². The summed E-state index contributed by atoms with van der Waals surface area (Å²) in [5.41, 5.74) is -0.541. The molecule has 166 valence electrons. The highest BCUT2D eigenvalue weighted by atomic mass is 19.4. The number of hydrogen-bond donors (Lipinski definition) is 2. The van der Waals surface area contributed by atoms with Gasteiger partial charge < -0.3 is 15.3 Å². The molecule has 2 N–H and O–H groups in total. The molecule has 1 amide bonds. The Balaban J connectivity index is 1.44. The molecule has 2 aromatic carbocycles. The van der Waals surface area contributed by atoms with Gasteiger partial charge >= 0.3 is 6.18 Å². The van der Waals surface area contributed by atoms with Crippen molar-refractivity contribution >= 4 is 23.1 Å². The van der Waals surface area contributed by atoms with Crippen molar-refractivity contribution in [1.29, 1.82) is 0 Å². The number of nitrogens with zero attached hydrogens (tertiary/aromatic N) is 1. The van der Waals surface area contributed by atoms with Gasteiger partial charge in [0.15, 0.2) is 0 Å². The van der Waals surface area contributed by atoms with Crippen molar-refractivity contribution in [1.82, 2.24) is 0 Å². The second kappa shape index (κ2) is 7.39. The number of halogens is 3. The lowest BCUT2D eigenvalue weighted by Gasteiger charge is -2.26. The van der Waals surface area contributed by atoms with Crippen LogP contribution in [0, 0.1) is 0 Å². The number of amides is 1.